The quantitative estimate of drug-likeness (QED) is 0.883. The molecule has 0 bridgehead atoms. The molecule has 9 heteroatoms. The molecule has 0 saturated heterocycles. The fourth-order valence-corrected chi connectivity index (χ4v) is 3.23. The normalized spacial score (nSPS) is 16.2. The third-order valence-corrected chi connectivity index (χ3v) is 4.90. The number of nitrogens with zero attached hydrogens (tertiary/aromatic N) is 5. The lowest BCUT2D eigenvalue weighted by molar-refractivity contribution is 0.0708. The fourth-order valence-electron chi connectivity index (χ4n) is 2.85. The molecule has 1 N–H and O–H groups in total. The van der Waals surface area contributed by atoms with E-state index in [0.717, 1.165) is 18.3 Å². The van der Waals surface area contributed by atoms with Crippen molar-refractivity contribution in [3.63, 3.8) is 0 Å². The van der Waals surface area contributed by atoms with E-state index in [1.54, 1.807) is 23.1 Å². The summed E-state index contributed by atoms with van der Waals surface area (Å²) in [6.45, 7) is 2.30. The first-order chi connectivity index (χ1) is 11.6. The second kappa shape index (κ2) is 5.99. The smallest absolute Gasteiger partial charge is 0.255 e. The summed E-state index contributed by atoms with van der Waals surface area (Å²) in [4.78, 5) is 14.4. The largest absolute Gasteiger partial charge is 0.329 e. The van der Waals surface area contributed by atoms with Crippen LogP contribution in [0.3, 0.4) is 0 Å². The molecule has 2 aliphatic heterocycles. The Morgan fingerprint density at radius 1 is 1.21 bits per heavy atom. The van der Waals surface area contributed by atoms with Crippen molar-refractivity contribution in [2.75, 3.05) is 18.1 Å². The summed E-state index contributed by atoms with van der Waals surface area (Å²) in [6, 6.07) is 5.07. The van der Waals surface area contributed by atoms with E-state index in [1.807, 2.05) is 21.9 Å². The number of hydrazine groups is 1. The molecule has 0 fully saturated rings. The van der Waals surface area contributed by atoms with E-state index in [9.17, 15) is 4.79 Å². The van der Waals surface area contributed by atoms with Gasteiger partial charge in [-0.2, -0.15) is 0 Å². The van der Waals surface area contributed by atoms with Crippen molar-refractivity contribution in [1.82, 2.24) is 25.1 Å². The number of carbonyl (C=O) groups is 1. The minimum Gasteiger partial charge on any atom is -0.329 e. The Balaban J connectivity index is 1.56. The molecule has 7 nitrogen and oxygen atoms in total. The van der Waals surface area contributed by atoms with Gasteiger partial charge in [-0.3, -0.25) is 14.4 Å². The number of fused-ring (bicyclic) bond motifs is 1. The van der Waals surface area contributed by atoms with Gasteiger partial charge in [0.25, 0.3) is 5.91 Å². The second-order valence-electron chi connectivity index (χ2n) is 5.54. The lowest BCUT2D eigenvalue weighted by Gasteiger charge is -2.29. The van der Waals surface area contributed by atoms with Gasteiger partial charge >= 0.3 is 0 Å². The number of halogens is 2. The van der Waals surface area contributed by atoms with Crippen LogP contribution in [0, 0.1) is 0 Å². The zero-order valence-electron chi connectivity index (χ0n) is 12.6. The van der Waals surface area contributed by atoms with Crippen molar-refractivity contribution in [3.05, 3.63) is 51.9 Å². The van der Waals surface area contributed by atoms with Crippen LogP contribution in [0.5, 0.6) is 0 Å². The molecule has 1 aromatic carbocycles. The van der Waals surface area contributed by atoms with E-state index in [2.05, 4.69) is 15.6 Å². The maximum absolute atomic E-state index is 12.7. The number of hydrogen-bond acceptors (Lipinski definition) is 5. The van der Waals surface area contributed by atoms with Crippen LogP contribution in [-0.2, 0) is 13.1 Å². The Morgan fingerprint density at radius 2 is 2.08 bits per heavy atom. The van der Waals surface area contributed by atoms with E-state index in [1.165, 1.54) is 0 Å². The van der Waals surface area contributed by atoms with Crippen LogP contribution in [0.25, 0.3) is 0 Å². The topological polar surface area (TPSA) is 66.3 Å². The van der Waals surface area contributed by atoms with E-state index < -0.39 is 0 Å². The Kier molecular flexibility index (Phi) is 3.82. The van der Waals surface area contributed by atoms with Gasteiger partial charge < -0.3 is 10.3 Å². The van der Waals surface area contributed by atoms with Gasteiger partial charge in [0.1, 0.15) is 0 Å². The average molecular weight is 365 g/mol. The van der Waals surface area contributed by atoms with E-state index in [0.29, 0.717) is 30.2 Å². The molecule has 0 spiro atoms. The number of aromatic nitrogens is 3. The van der Waals surface area contributed by atoms with Crippen molar-refractivity contribution in [3.8, 4) is 0 Å². The second-order valence-corrected chi connectivity index (χ2v) is 6.32. The van der Waals surface area contributed by atoms with Gasteiger partial charge in [-0.1, -0.05) is 29.3 Å². The molecule has 2 aliphatic rings. The van der Waals surface area contributed by atoms with Gasteiger partial charge in [0.15, 0.2) is 5.82 Å². The predicted molar refractivity (Wildman–Crippen MR) is 90.8 cm³/mol. The molecule has 0 unspecified atom stereocenters. The van der Waals surface area contributed by atoms with Crippen molar-refractivity contribution >= 4 is 35.1 Å². The number of amides is 1. The first-order valence-electron chi connectivity index (χ1n) is 7.49. The standard InChI is InChI=1S/C15H14Cl2N6O/c16-11-4-1-3-10(13(11)17)14(24)21-7-8-22-12(9-21)19-20-15(22)23-6-2-5-18-23/h1-5,18H,6-9H2. The third kappa shape index (κ3) is 2.50. The van der Waals surface area contributed by atoms with Gasteiger partial charge in [-0.25, -0.2) is 0 Å². The Morgan fingerprint density at radius 3 is 2.88 bits per heavy atom. The first-order valence-corrected chi connectivity index (χ1v) is 8.25. The minimum absolute atomic E-state index is 0.153. The first kappa shape index (κ1) is 15.3. The summed E-state index contributed by atoms with van der Waals surface area (Å²) >= 11 is 12.2. The molecule has 1 aromatic heterocycles. The van der Waals surface area contributed by atoms with Gasteiger partial charge in [-0.15, -0.1) is 10.2 Å². The van der Waals surface area contributed by atoms with Crippen molar-refractivity contribution in [2.45, 2.75) is 13.1 Å². The summed E-state index contributed by atoms with van der Waals surface area (Å²) in [5.41, 5.74) is 3.50. The zero-order chi connectivity index (χ0) is 16.7. The molecule has 124 valence electrons. The molecule has 4 rings (SSSR count). The maximum atomic E-state index is 12.7. The molecule has 0 saturated carbocycles. The van der Waals surface area contributed by atoms with Crippen molar-refractivity contribution in [2.24, 2.45) is 0 Å². The van der Waals surface area contributed by atoms with Gasteiger partial charge in [-0.05, 0) is 18.2 Å². The number of hydrogen-bond donors (Lipinski definition) is 1. The SMILES string of the molecule is O=C(c1cccc(Cl)c1Cl)N1CCn2c(nnc2N2CC=CN2)C1. The maximum Gasteiger partial charge on any atom is 0.255 e. The average Bonchev–Trinajstić information content (AvgIpc) is 3.25. The minimum atomic E-state index is -0.153. The van der Waals surface area contributed by atoms with E-state index in [4.69, 9.17) is 23.2 Å². The molecule has 0 atom stereocenters. The highest BCUT2D eigenvalue weighted by molar-refractivity contribution is 6.43. The Labute approximate surface area is 148 Å². The predicted octanol–water partition coefficient (Wildman–Crippen LogP) is 2.08. The fraction of sp³-hybridized carbons (Fsp3) is 0.267. The Hall–Kier alpha value is -2.25. The van der Waals surface area contributed by atoms with Crippen molar-refractivity contribution in [1.29, 1.82) is 0 Å². The number of carbonyl (C=O) groups excluding carboxylic acids is 1. The van der Waals surface area contributed by atoms with Crippen LogP contribution in [0.2, 0.25) is 10.0 Å². The highest BCUT2D eigenvalue weighted by atomic mass is 35.5. The molecule has 0 radical (unpaired) electrons. The molecular weight excluding hydrogens is 351 g/mol. The van der Waals surface area contributed by atoms with E-state index in [-0.39, 0.29) is 10.9 Å². The lowest BCUT2D eigenvalue weighted by atomic mass is 10.2. The van der Waals surface area contributed by atoms with Crippen LogP contribution in [0.4, 0.5) is 5.95 Å². The molecule has 2 aromatic rings. The molecular formula is C15H14Cl2N6O. The molecule has 3 heterocycles. The van der Waals surface area contributed by atoms with Crippen molar-refractivity contribution < 1.29 is 4.79 Å². The van der Waals surface area contributed by atoms with Crippen LogP contribution in [0.15, 0.2) is 30.5 Å². The number of anilines is 1. The van der Waals surface area contributed by atoms with Crippen LogP contribution < -0.4 is 10.4 Å². The van der Waals surface area contributed by atoms with Gasteiger partial charge in [0, 0.05) is 19.3 Å². The lowest BCUT2D eigenvalue weighted by Crippen LogP contribution is -2.40. The van der Waals surface area contributed by atoms with E-state index >= 15 is 0 Å². The highest BCUT2D eigenvalue weighted by Crippen LogP contribution is 2.28. The highest BCUT2D eigenvalue weighted by Gasteiger charge is 2.28. The van der Waals surface area contributed by atoms with Crippen LogP contribution in [0.1, 0.15) is 16.2 Å². The van der Waals surface area contributed by atoms with Gasteiger partial charge in [0.2, 0.25) is 5.95 Å². The van der Waals surface area contributed by atoms with Gasteiger partial charge in [0.05, 0.1) is 28.7 Å². The summed E-state index contributed by atoms with van der Waals surface area (Å²) in [5.74, 6) is 1.35. The molecule has 1 amide bonds. The number of rotatable bonds is 2. The van der Waals surface area contributed by atoms with Crippen LogP contribution in [-0.4, -0.2) is 38.7 Å². The van der Waals surface area contributed by atoms with Crippen LogP contribution >= 0.6 is 23.2 Å². The summed E-state index contributed by atoms with van der Waals surface area (Å²) in [6.07, 6.45) is 3.86. The summed E-state index contributed by atoms with van der Waals surface area (Å²) in [5, 5.41) is 11.0. The summed E-state index contributed by atoms with van der Waals surface area (Å²) < 4.78 is 2.02. The molecule has 24 heavy (non-hydrogen) atoms. The summed E-state index contributed by atoms with van der Waals surface area (Å²) in [7, 11) is 0. The number of nitrogens with one attached hydrogen (secondary N) is 1. The molecule has 0 aliphatic carbocycles. The number of benzene rings is 1. The monoisotopic (exact) mass is 364 g/mol. The zero-order valence-corrected chi connectivity index (χ0v) is 14.1. The Bertz CT molecular complexity index is 825. The third-order valence-electron chi connectivity index (χ3n) is 4.08.